The SMILES string of the molecule is O=[N+]([O-])c1cc(-c2cnccn2)c(Cl)c([N+](=O)[O-])c1. The molecule has 2 rings (SSSR count). The number of non-ortho nitro benzene ring substituents is 1. The van der Waals surface area contributed by atoms with Crippen molar-refractivity contribution in [2.24, 2.45) is 0 Å². The molecule has 9 heteroatoms. The fourth-order valence-electron chi connectivity index (χ4n) is 1.46. The number of nitrogens with zero attached hydrogens (tertiary/aromatic N) is 4. The molecule has 2 aromatic rings. The van der Waals surface area contributed by atoms with Crippen molar-refractivity contribution >= 4 is 23.0 Å². The summed E-state index contributed by atoms with van der Waals surface area (Å²) in [7, 11) is 0. The van der Waals surface area contributed by atoms with Crippen molar-refractivity contribution in [3.8, 4) is 11.3 Å². The van der Waals surface area contributed by atoms with Gasteiger partial charge in [0.05, 0.1) is 27.8 Å². The quantitative estimate of drug-likeness (QED) is 0.631. The summed E-state index contributed by atoms with van der Waals surface area (Å²) >= 11 is 5.88. The molecule has 0 saturated heterocycles. The molecule has 0 spiro atoms. The Morgan fingerprint density at radius 1 is 1.11 bits per heavy atom. The Labute approximate surface area is 111 Å². The van der Waals surface area contributed by atoms with Crippen LogP contribution in [0.5, 0.6) is 0 Å². The molecule has 0 aliphatic heterocycles. The number of hydrogen-bond donors (Lipinski definition) is 0. The average molecular weight is 281 g/mol. The third-order valence-electron chi connectivity index (χ3n) is 2.28. The molecule has 0 bridgehead atoms. The van der Waals surface area contributed by atoms with Crippen LogP contribution >= 0.6 is 11.6 Å². The predicted octanol–water partition coefficient (Wildman–Crippen LogP) is 2.61. The smallest absolute Gasteiger partial charge is 0.261 e. The molecule has 0 aliphatic rings. The zero-order chi connectivity index (χ0) is 14.0. The van der Waals surface area contributed by atoms with Crippen molar-refractivity contribution in [1.82, 2.24) is 9.97 Å². The molecule has 0 amide bonds. The second-order valence-corrected chi connectivity index (χ2v) is 3.81. The van der Waals surface area contributed by atoms with Crippen LogP contribution in [0, 0.1) is 20.2 Å². The first kappa shape index (κ1) is 12.8. The van der Waals surface area contributed by atoms with Gasteiger partial charge in [0.25, 0.3) is 11.4 Å². The molecule has 0 radical (unpaired) electrons. The van der Waals surface area contributed by atoms with Gasteiger partial charge in [0.2, 0.25) is 0 Å². The summed E-state index contributed by atoms with van der Waals surface area (Å²) in [6.07, 6.45) is 4.08. The lowest BCUT2D eigenvalue weighted by Gasteiger charge is -2.03. The van der Waals surface area contributed by atoms with Gasteiger partial charge in [-0.15, -0.1) is 0 Å². The van der Waals surface area contributed by atoms with E-state index in [1.54, 1.807) is 0 Å². The minimum absolute atomic E-state index is 0.0932. The van der Waals surface area contributed by atoms with Crippen LogP contribution in [-0.2, 0) is 0 Å². The standard InChI is InChI=1S/C10H5ClN4O4/c11-10-7(8-5-12-1-2-13-8)3-6(14(16)17)4-9(10)15(18)19/h1-5H. The lowest BCUT2D eigenvalue weighted by atomic mass is 10.1. The van der Waals surface area contributed by atoms with E-state index in [1.807, 2.05) is 0 Å². The molecule has 96 valence electrons. The second kappa shape index (κ2) is 4.94. The van der Waals surface area contributed by atoms with Gasteiger partial charge in [-0.25, -0.2) is 0 Å². The Balaban J connectivity index is 2.73. The molecule has 8 nitrogen and oxygen atoms in total. The summed E-state index contributed by atoms with van der Waals surface area (Å²) in [4.78, 5) is 27.8. The van der Waals surface area contributed by atoms with Gasteiger partial charge in [-0.1, -0.05) is 11.6 Å². The van der Waals surface area contributed by atoms with Gasteiger partial charge in [-0.3, -0.25) is 30.2 Å². The lowest BCUT2D eigenvalue weighted by molar-refractivity contribution is -0.394. The van der Waals surface area contributed by atoms with Crippen LogP contribution < -0.4 is 0 Å². The molecule has 19 heavy (non-hydrogen) atoms. The number of nitro groups is 2. The van der Waals surface area contributed by atoms with Gasteiger partial charge >= 0.3 is 0 Å². The first-order valence-electron chi connectivity index (χ1n) is 4.89. The molecule has 0 atom stereocenters. The summed E-state index contributed by atoms with van der Waals surface area (Å²) < 4.78 is 0. The maximum absolute atomic E-state index is 10.8. The first-order chi connectivity index (χ1) is 9.00. The van der Waals surface area contributed by atoms with E-state index >= 15 is 0 Å². The van der Waals surface area contributed by atoms with Gasteiger partial charge in [0, 0.05) is 24.0 Å². The normalized spacial score (nSPS) is 10.2. The van der Waals surface area contributed by atoms with Gasteiger partial charge in [-0.2, -0.15) is 0 Å². The minimum atomic E-state index is -0.783. The van der Waals surface area contributed by atoms with Crippen molar-refractivity contribution in [2.45, 2.75) is 0 Å². The van der Waals surface area contributed by atoms with Crippen molar-refractivity contribution in [3.05, 3.63) is 56.0 Å². The third kappa shape index (κ3) is 2.47. The summed E-state index contributed by atoms with van der Waals surface area (Å²) in [6, 6.07) is 1.93. The molecule has 0 unspecified atom stereocenters. The molecule has 1 aromatic heterocycles. The van der Waals surface area contributed by atoms with Crippen molar-refractivity contribution < 1.29 is 9.85 Å². The molecule has 0 fully saturated rings. The summed E-state index contributed by atoms with van der Waals surface area (Å²) in [6.45, 7) is 0. The molecule has 1 aromatic carbocycles. The third-order valence-corrected chi connectivity index (χ3v) is 2.68. The van der Waals surface area contributed by atoms with E-state index in [0.29, 0.717) is 0 Å². The van der Waals surface area contributed by atoms with Crippen molar-refractivity contribution in [1.29, 1.82) is 0 Å². The Hall–Kier alpha value is -2.61. The summed E-state index contributed by atoms with van der Waals surface area (Å²) in [5.41, 5.74) is -0.664. The summed E-state index contributed by atoms with van der Waals surface area (Å²) in [5.74, 6) is 0. The number of benzene rings is 1. The van der Waals surface area contributed by atoms with E-state index in [9.17, 15) is 20.2 Å². The zero-order valence-corrected chi connectivity index (χ0v) is 9.94. The van der Waals surface area contributed by atoms with E-state index in [0.717, 1.165) is 12.1 Å². The Morgan fingerprint density at radius 2 is 1.84 bits per heavy atom. The van der Waals surface area contributed by atoms with E-state index in [-0.39, 0.29) is 16.3 Å². The van der Waals surface area contributed by atoms with E-state index in [4.69, 9.17) is 11.6 Å². The van der Waals surface area contributed by atoms with Gasteiger partial charge < -0.3 is 0 Å². The Morgan fingerprint density at radius 3 is 2.37 bits per heavy atom. The van der Waals surface area contributed by atoms with Crippen LogP contribution in [0.15, 0.2) is 30.7 Å². The molecular weight excluding hydrogens is 276 g/mol. The van der Waals surface area contributed by atoms with E-state index in [1.165, 1.54) is 18.6 Å². The van der Waals surface area contributed by atoms with E-state index < -0.39 is 21.2 Å². The van der Waals surface area contributed by atoms with Crippen molar-refractivity contribution in [3.63, 3.8) is 0 Å². The highest BCUT2D eigenvalue weighted by molar-refractivity contribution is 6.35. The number of aromatic nitrogens is 2. The van der Waals surface area contributed by atoms with Crippen LogP contribution in [0.4, 0.5) is 11.4 Å². The largest absolute Gasteiger partial charge is 0.295 e. The number of hydrogen-bond acceptors (Lipinski definition) is 6. The van der Waals surface area contributed by atoms with Gasteiger partial charge in [0.1, 0.15) is 5.02 Å². The predicted molar refractivity (Wildman–Crippen MR) is 65.8 cm³/mol. The van der Waals surface area contributed by atoms with Crippen LogP contribution in [0.25, 0.3) is 11.3 Å². The number of halogens is 1. The zero-order valence-electron chi connectivity index (χ0n) is 9.19. The van der Waals surface area contributed by atoms with Gasteiger partial charge in [0.15, 0.2) is 0 Å². The molecule has 0 saturated carbocycles. The fourth-order valence-corrected chi connectivity index (χ4v) is 1.73. The Kier molecular flexibility index (Phi) is 3.34. The number of nitro benzene ring substituents is 2. The highest BCUT2D eigenvalue weighted by Crippen LogP contribution is 2.37. The van der Waals surface area contributed by atoms with Crippen molar-refractivity contribution in [2.75, 3.05) is 0 Å². The fraction of sp³-hybridized carbons (Fsp3) is 0. The molecule has 0 N–H and O–H groups in total. The molecule has 1 heterocycles. The maximum Gasteiger partial charge on any atom is 0.295 e. The molecule has 0 aliphatic carbocycles. The maximum atomic E-state index is 10.8. The highest BCUT2D eigenvalue weighted by atomic mass is 35.5. The van der Waals surface area contributed by atoms with Gasteiger partial charge in [-0.05, 0) is 0 Å². The summed E-state index contributed by atoms with van der Waals surface area (Å²) in [5, 5.41) is 21.4. The number of rotatable bonds is 3. The topological polar surface area (TPSA) is 112 Å². The van der Waals surface area contributed by atoms with E-state index in [2.05, 4.69) is 9.97 Å². The van der Waals surface area contributed by atoms with Crippen LogP contribution in [0.3, 0.4) is 0 Å². The monoisotopic (exact) mass is 280 g/mol. The average Bonchev–Trinajstić information content (AvgIpc) is 2.39. The first-order valence-corrected chi connectivity index (χ1v) is 5.27. The lowest BCUT2D eigenvalue weighted by Crippen LogP contribution is -1.96. The Bertz CT molecular complexity index is 662. The van der Waals surface area contributed by atoms with Crippen LogP contribution in [0.2, 0.25) is 5.02 Å². The minimum Gasteiger partial charge on any atom is -0.261 e. The van der Waals surface area contributed by atoms with Crippen LogP contribution in [-0.4, -0.2) is 19.8 Å². The highest BCUT2D eigenvalue weighted by Gasteiger charge is 2.24. The van der Waals surface area contributed by atoms with Crippen LogP contribution in [0.1, 0.15) is 0 Å². The second-order valence-electron chi connectivity index (χ2n) is 3.43. The molecular formula is C10H5ClN4O4.